The van der Waals surface area contributed by atoms with Crippen LogP contribution in [0.2, 0.25) is 0 Å². The fourth-order valence-electron chi connectivity index (χ4n) is 9.57. The van der Waals surface area contributed by atoms with Crippen molar-refractivity contribution in [2.45, 2.75) is 328 Å². The van der Waals surface area contributed by atoms with E-state index in [0.717, 1.165) is 57.8 Å². The topological polar surface area (TPSA) is 108 Å². The zero-order valence-corrected chi connectivity index (χ0v) is 50.9. The average Bonchev–Trinajstić information content (AvgIpc) is 3.39. The third kappa shape index (κ3) is 59.2. The molecule has 0 radical (unpaired) electrons. The van der Waals surface area contributed by atoms with Crippen LogP contribution in [0.4, 0.5) is 0 Å². The molecule has 0 aliphatic rings. The summed E-state index contributed by atoms with van der Waals surface area (Å²) >= 11 is 0. The number of aliphatic carboxylic acids is 1. The number of carbonyl (C=O) groups excluding carboxylic acids is 2. The molecule has 0 aromatic carbocycles. The summed E-state index contributed by atoms with van der Waals surface area (Å²) < 4.78 is 22.9. The summed E-state index contributed by atoms with van der Waals surface area (Å²) in [6.07, 6.45) is 69.7. The Hall–Kier alpha value is -2.49. The number of hydrogen-bond acceptors (Lipinski definition) is 7. The van der Waals surface area contributed by atoms with Crippen molar-refractivity contribution in [3.05, 3.63) is 36.5 Å². The number of carboxylic acids is 1. The minimum absolute atomic E-state index is 0.182. The van der Waals surface area contributed by atoms with Gasteiger partial charge in [0.2, 0.25) is 0 Å². The lowest BCUT2D eigenvalue weighted by Gasteiger charge is -2.25. The minimum Gasteiger partial charge on any atom is -0.477 e. The molecule has 0 aliphatic heterocycles. The first-order valence-corrected chi connectivity index (χ1v) is 32.7. The number of unbranched alkanes of at least 4 members (excludes halogenated alkanes) is 40. The van der Waals surface area contributed by atoms with Gasteiger partial charge in [-0.2, -0.15) is 0 Å². The molecule has 2 atom stereocenters. The Kier molecular flexibility index (Phi) is 56.7. The predicted molar refractivity (Wildman–Crippen MR) is 323 cm³/mol. The molecule has 9 heteroatoms. The fraction of sp³-hybridized carbons (Fsp3) is 0.866. The molecule has 0 aromatic rings. The zero-order valence-electron chi connectivity index (χ0n) is 50.9. The highest BCUT2D eigenvalue weighted by molar-refractivity contribution is 5.71. The molecule has 0 saturated carbocycles. The molecule has 0 fully saturated rings. The maximum Gasteiger partial charge on any atom is 0.361 e. The van der Waals surface area contributed by atoms with Gasteiger partial charge in [0.1, 0.15) is 13.2 Å². The molecular formula is C67H126NO8+. The summed E-state index contributed by atoms with van der Waals surface area (Å²) in [4.78, 5) is 37.5. The normalized spacial score (nSPS) is 12.9. The molecule has 9 nitrogen and oxygen atoms in total. The Bertz CT molecular complexity index is 1340. The van der Waals surface area contributed by atoms with Crippen molar-refractivity contribution in [2.24, 2.45) is 0 Å². The van der Waals surface area contributed by atoms with Gasteiger partial charge in [-0.1, -0.05) is 269 Å². The van der Waals surface area contributed by atoms with E-state index in [1.807, 2.05) is 21.1 Å². The molecule has 0 amide bonds. The van der Waals surface area contributed by atoms with Crippen molar-refractivity contribution in [2.75, 3.05) is 47.5 Å². The monoisotopic (exact) mass is 1070 g/mol. The Morgan fingerprint density at radius 2 is 0.711 bits per heavy atom. The zero-order chi connectivity index (χ0) is 55.5. The van der Waals surface area contributed by atoms with Crippen LogP contribution in [0, 0.1) is 0 Å². The van der Waals surface area contributed by atoms with E-state index in [0.29, 0.717) is 17.4 Å². The molecule has 0 aliphatic carbocycles. The quantitative estimate of drug-likeness (QED) is 0.0211. The smallest absolute Gasteiger partial charge is 0.361 e. The number of allylic oxidation sites excluding steroid dienone is 6. The third-order valence-corrected chi connectivity index (χ3v) is 14.6. The molecule has 0 heterocycles. The Morgan fingerprint density at radius 3 is 1.05 bits per heavy atom. The van der Waals surface area contributed by atoms with E-state index in [4.69, 9.17) is 18.9 Å². The first-order valence-electron chi connectivity index (χ1n) is 32.7. The summed E-state index contributed by atoms with van der Waals surface area (Å²) in [5.74, 6) is -2.00. The summed E-state index contributed by atoms with van der Waals surface area (Å²) in [5, 5.41) is 9.71. The molecular weight excluding hydrogens is 947 g/mol. The maximum atomic E-state index is 12.9. The molecule has 0 spiro atoms. The summed E-state index contributed by atoms with van der Waals surface area (Å²) in [5.41, 5.74) is 0. The van der Waals surface area contributed by atoms with E-state index in [-0.39, 0.29) is 32.2 Å². The fourth-order valence-corrected chi connectivity index (χ4v) is 9.57. The molecule has 0 saturated heterocycles. The highest BCUT2D eigenvalue weighted by Crippen LogP contribution is 2.18. The number of esters is 2. The van der Waals surface area contributed by atoms with Gasteiger partial charge in [-0.3, -0.25) is 9.59 Å². The summed E-state index contributed by atoms with van der Waals surface area (Å²) in [6, 6.07) is 0. The molecule has 0 rings (SSSR count). The largest absolute Gasteiger partial charge is 0.477 e. The summed E-state index contributed by atoms with van der Waals surface area (Å²) in [7, 11) is 5.98. The number of rotatable bonds is 61. The lowest BCUT2D eigenvalue weighted by atomic mass is 10.0. The molecule has 0 aromatic heterocycles. The van der Waals surface area contributed by atoms with Crippen LogP contribution < -0.4 is 0 Å². The van der Waals surface area contributed by atoms with Gasteiger partial charge in [-0.25, -0.2) is 4.79 Å². The number of likely N-dealkylation sites (N-methyl/N-ethyl adjacent to an activating group) is 1. The standard InChI is InChI=1S/C67H125NO8/c1-6-8-10-12-14-16-18-20-22-24-25-26-27-28-29-30-31-32-33-34-35-36-37-38-39-40-41-42-44-46-48-50-52-54-56-58-65(70)76-63(62-75-67(66(71)72)73-60-59-68(3,4)5)61-74-64(69)57-55-53-51-49-47-45-43-23-21-19-17-15-13-11-9-7-2/h18,20,23-25,43,63,67H,6-17,19,21-22,26-42,44-62H2,1-5H3/p+1/b20-18-,25-24-,43-23-. The van der Waals surface area contributed by atoms with E-state index in [1.165, 1.54) is 231 Å². The first kappa shape index (κ1) is 73.5. The van der Waals surface area contributed by atoms with Crippen molar-refractivity contribution >= 4 is 17.9 Å². The number of carboxylic acid groups (broad SMARTS) is 1. The van der Waals surface area contributed by atoms with Crippen molar-refractivity contribution in [1.29, 1.82) is 0 Å². The van der Waals surface area contributed by atoms with E-state index in [2.05, 4.69) is 50.3 Å². The van der Waals surface area contributed by atoms with Crippen molar-refractivity contribution in [3.8, 4) is 0 Å². The van der Waals surface area contributed by atoms with E-state index < -0.39 is 24.3 Å². The lowest BCUT2D eigenvalue weighted by Crippen LogP contribution is -2.40. The van der Waals surface area contributed by atoms with Gasteiger partial charge < -0.3 is 28.5 Å². The van der Waals surface area contributed by atoms with Gasteiger partial charge >= 0.3 is 17.9 Å². The van der Waals surface area contributed by atoms with Gasteiger partial charge in [0, 0.05) is 12.8 Å². The highest BCUT2D eigenvalue weighted by Gasteiger charge is 2.25. The molecule has 2 unspecified atom stereocenters. The number of quaternary nitrogens is 1. The molecule has 446 valence electrons. The van der Waals surface area contributed by atoms with Crippen LogP contribution in [-0.2, 0) is 33.3 Å². The van der Waals surface area contributed by atoms with Gasteiger partial charge in [-0.15, -0.1) is 0 Å². The lowest BCUT2D eigenvalue weighted by molar-refractivity contribution is -0.870. The van der Waals surface area contributed by atoms with Gasteiger partial charge in [-0.05, 0) is 70.6 Å². The second kappa shape index (κ2) is 58.7. The molecule has 0 bridgehead atoms. The Morgan fingerprint density at radius 1 is 0.395 bits per heavy atom. The van der Waals surface area contributed by atoms with Crippen LogP contribution in [0.1, 0.15) is 316 Å². The Labute approximate surface area is 470 Å². The SMILES string of the molecule is CCCCCCC/C=C\C/C=C\CCCCCCCCCCCCCCCCCCCCCCCCCC(=O)OC(COC(=O)CCCCCCC/C=C\CCCCCCCCC)COC(OCC[N+](C)(C)C)C(=O)O. The molecule has 76 heavy (non-hydrogen) atoms. The number of nitrogens with zero attached hydrogens (tertiary/aromatic N) is 1. The highest BCUT2D eigenvalue weighted by atomic mass is 16.7. The van der Waals surface area contributed by atoms with Crippen molar-refractivity contribution in [3.63, 3.8) is 0 Å². The molecule has 1 N–H and O–H groups in total. The maximum absolute atomic E-state index is 12.9. The van der Waals surface area contributed by atoms with Gasteiger partial charge in [0.05, 0.1) is 34.4 Å². The van der Waals surface area contributed by atoms with Crippen LogP contribution in [0.25, 0.3) is 0 Å². The van der Waals surface area contributed by atoms with Crippen LogP contribution in [0.3, 0.4) is 0 Å². The first-order chi connectivity index (χ1) is 37.1. The minimum atomic E-state index is -1.51. The number of carbonyl (C=O) groups is 3. The van der Waals surface area contributed by atoms with Crippen LogP contribution >= 0.6 is 0 Å². The van der Waals surface area contributed by atoms with Gasteiger partial charge in [0.15, 0.2) is 6.10 Å². The van der Waals surface area contributed by atoms with Crippen molar-refractivity contribution in [1.82, 2.24) is 0 Å². The Balaban J connectivity index is 4.02. The van der Waals surface area contributed by atoms with Crippen LogP contribution in [0.5, 0.6) is 0 Å². The second-order valence-electron chi connectivity index (χ2n) is 23.4. The number of ether oxygens (including phenoxy) is 4. The second-order valence-corrected chi connectivity index (χ2v) is 23.4. The predicted octanol–water partition coefficient (Wildman–Crippen LogP) is 19.6. The van der Waals surface area contributed by atoms with E-state index in [9.17, 15) is 19.5 Å². The van der Waals surface area contributed by atoms with Crippen LogP contribution in [0.15, 0.2) is 36.5 Å². The average molecular weight is 1070 g/mol. The van der Waals surface area contributed by atoms with E-state index >= 15 is 0 Å². The third-order valence-electron chi connectivity index (χ3n) is 14.6. The van der Waals surface area contributed by atoms with Crippen LogP contribution in [-0.4, -0.2) is 87.4 Å². The van der Waals surface area contributed by atoms with E-state index in [1.54, 1.807) is 0 Å². The summed E-state index contributed by atoms with van der Waals surface area (Å²) in [6.45, 7) is 4.90. The van der Waals surface area contributed by atoms with Crippen molar-refractivity contribution < 1.29 is 42.9 Å². The van der Waals surface area contributed by atoms with Gasteiger partial charge in [0.25, 0.3) is 6.29 Å². The number of hydrogen-bond donors (Lipinski definition) is 1.